The van der Waals surface area contributed by atoms with Gasteiger partial charge in [-0.3, -0.25) is 9.52 Å². The lowest BCUT2D eigenvalue weighted by Crippen LogP contribution is -2.47. The molecule has 1 unspecified atom stereocenters. The number of nitrogen functional groups attached to an aromatic ring is 1. The van der Waals surface area contributed by atoms with Crippen molar-refractivity contribution in [2.24, 2.45) is 16.3 Å². The molecule has 9 nitrogen and oxygen atoms in total. The summed E-state index contributed by atoms with van der Waals surface area (Å²) in [6.07, 6.45) is 6.39. The van der Waals surface area contributed by atoms with Crippen molar-refractivity contribution in [3.8, 4) is 17.1 Å². The second kappa shape index (κ2) is 12.4. The number of amides is 1. The number of carbonyl (C=O) groups excluding carboxylic acids is 1. The first-order valence-corrected chi connectivity index (χ1v) is 15.8. The van der Waals surface area contributed by atoms with E-state index in [9.17, 15) is 4.79 Å². The number of aryl methyl sites for hydroxylation is 2. The Kier molecular flexibility index (Phi) is 8.35. The number of ether oxygens (including phenoxy) is 1. The predicted octanol–water partition coefficient (Wildman–Crippen LogP) is 7.49. The van der Waals surface area contributed by atoms with E-state index in [1.54, 1.807) is 12.3 Å². The first-order chi connectivity index (χ1) is 21.2. The van der Waals surface area contributed by atoms with Gasteiger partial charge < -0.3 is 19.8 Å². The lowest BCUT2D eigenvalue weighted by Gasteiger charge is -2.35. The molecule has 2 aliphatic rings. The van der Waals surface area contributed by atoms with Crippen molar-refractivity contribution in [3.05, 3.63) is 77.6 Å². The SMILES string of the molecule is Cc1cccc(C)c1-c1cc2nc(n1)NSc1cccc(c1)C(=O)N(CC(C)/C=N\c1occc1N)[C@H](CC1(C)CC1)CO2. The first-order valence-electron chi connectivity index (χ1n) is 15.0. The minimum atomic E-state index is -0.188. The maximum atomic E-state index is 14.3. The average molecular weight is 611 g/mol. The highest BCUT2D eigenvalue weighted by Crippen LogP contribution is 2.49. The monoisotopic (exact) mass is 610 g/mol. The Balaban J connectivity index is 1.38. The Labute approximate surface area is 262 Å². The lowest BCUT2D eigenvalue weighted by atomic mass is 9.96. The zero-order valence-electron chi connectivity index (χ0n) is 25.5. The highest BCUT2D eigenvalue weighted by atomic mass is 32.2. The van der Waals surface area contributed by atoms with Crippen LogP contribution in [0.2, 0.25) is 0 Å². The third kappa shape index (κ3) is 6.75. The molecule has 2 aromatic carbocycles. The van der Waals surface area contributed by atoms with Gasteiger partial charge in [0.2, 0.25) is 17.7 Å². The van der Waals surface area contributed by atoms with Crippen LogP contribution in [0.4, 0.5) is 17.5 Å². The highest BCUT2D eigenvalue weighted by molar-refractivity contribution is 8.00. The molecule has 10 heteroatoms. The summed E-state index contributed by atoms with van der Waals surface area (Å²) in [5.41, 5.74) is 11.3. The molecule has 1 saturated carbocycles. The number of hydrogen-bond donors (Lipinski definition) is 2. The number of carbonyl (C=O) groups is 1. The van der Waals surface area contributed by atoms with Crippen molar-refractivity contribution in [2.75, 3.05) is 23.6 Å². The van der Waals surface area contributed by atoms with Crippen LogP contribution < -0.4 is 15.2 Å². The summed E-state index contributed by atoms with van der Waals surface area (Å²) in [6, 6.07) is 17.3. The van der Waals surface area contributed by atoms with E-state index in [1.807, 2.05) is 48.2 Å². The van der Waals surface area contributed by atoms with Gasteiger partial charge in [0.25, 0.3) is 5.91 Å². The first kappa shape index (κ1) is 29.7. The largest absolute Gasteiger partial charge is 0.475 e. The average Bonchev–Trinajstić information content (AvgIpc) is 3.59. The lowest BCUT2D eigenvalue weighted by molar-refractivity contribution is 0.0547. The summed E-state index contributed by atoms with van der Waals surface area (Å²) in [4.78, 5) is 31.2. The van der Waals surface area contributed by atoms with Gasteiger partial charge in [0, 0.05) is 46.8 Å². The van der Waals surface area contributed by atoms with Crippen molar-refractivity contribution < 1.29 is 13.9 Å². The van der Waals surface area contributed by atoms with E-state index in [0.29, 0.717) is 42.1 Å². The fraction of sp³-hybridized carbons (Fsp3) is 0.353. The normalized spacial score (nSPS) is 18.5. The van der Waals surface area contributed by atoms with Crippen molar-refractivity contribution in [1.29, 1.82) is 0 Å². The molecule has 1 fully saturated rings. The van der Waals surface area contributed by atoms with Crippen LogP contribution in [-0.4, -0.2) is 46.2 Å². The molecule has 3 heterocycles. The Morgan fingerprint density at radius 3 is 2.66 bits per heavy atom. The predicted molar refractivity (Wildman–Crippen MR) is 176 cm³/mol. The van der Waals surface area contributed by atoms with Gasteiger partial charge in [-0.25, -0.2) is 9.98 Å². The van der Waals surface area contributed by atoms with E-state index in [2.05, 4.69) is 42.6 Å². The van der Waals surface area contributed by atoms with Crippen LogP contribution in [0.1, 0.15) is 54.6 Å². The van der Waals surface area contributed by atoms with Crippen molar-refractivity contribution >= 4 is 41.6 Å². The second-order valence-corrected chi connectivity index (χ2v) is 13.2. The number of nitrogens with one attached hydrogen (secondary N) is 1. The molecule has 1 amide bonds. The summed E-state index contributed by atoms with van der Waals surface area (Å²) in [5, 5.41) is 0. The molecule has 1 aliphatic carbocycles. The van der Waals surface area contributed by atoms with Gasteiger partial charge in [0.15, 0.2) is 0 Å². The minimum Gasteiger partial charge on any atom is -0.475 e. The number of anilines is 2. The van der Waals surface area contributed by atoms with Gasteiger partial charge in [-0.15, -0.1) is 0 Å². The number of rotatable bonds is 7. The molecule has 228 valence electrons. The molecule has 4 aromatic rings. The molecule has 1 aliphatic heterocycles. The molecule has 0 saturated heterocycles. The van der Waals surface area contributed by atoms with Gasteiger partial charge in [-0.05, 0) is 79.8 Å². The van der Waals surface area contributed by atoms with Crippen LogP contribution in [0.3, 0.4) is 0 Å². The summed E-state index contributed by atoms with van der Waals surface area (Å²) in [5.74, 6) is 1.17. The molecular weight excluding hydrogens is 572 g/mol. The van der Waals surface area contributed by atoms with Gasteiger partial charge in [-0.1, -0.05) is 38.1 Å². The van der Waals surface area contributed by atoms with Gasteiger partial charge >= 0.3 is 0 Å². The number of benzene rings is 2. The van der Waals surface area contributed by atoms with Crippen LogP contribution in [0.5, 0.6) is 5.88 Å². The van der Waals surface area contributed by atoms with E-state index in [4.69, 9.17) is 24.9 Å². The van der Waals surface area contributed by atoms with Gasteiger partial charge in [0.1, 0.15) is 6.61 Å². The standard InChI is InChI=1S/C34H38N6O3S/c1-21(18-36-31-27(35)11-14-42-31)19-40-25(17-34(4)12-13-34)20-43-29-16-28(30-22(2)7-5-8-23(30)3)37-33(38-29)39-44-26-10-6-9-24(15-26)32(40)41/h5-11,14-16,18,21,25H,12-13,17,19-20,35H2,1-4H3,(H,37,38,39)/b36-18-/t21?,25-/m1/s1. The van der Waals surface area contributed by atoms with Crippen molar-refractivity contribution in [2.45, 2.75) is 57.9 Å². The molecular formula is C34H38N6O3S. The maximum Gasteiger partial charge on any atom is 0.254 e. The smallest absolute Gasteiger partial charge is 0.254 e. The highest BCUT2D eigenvalue weighted by Gasteiger charge is 2.42. The Bertz CT molecular complexity index is 1680. The maximum absolute atomic E-state index is 14.3. The third-order valence-electron chi connectivity index (χ3n) is 8.34. The number of fused-ring (bicyclic) bond motifs is 4. The van der Waals surface area contributed by atoms with E-state index in [1.165, 1.54) is 18.2 Å². The number of nitrogens with two attached hydrogens (primary N) is 1. The van der Waals surface area contributed by atoms with E-state index in [-0.39, 0.29) is 23.3 Å². The van der Waals surface area contributed by atoms with Crippen LogP contribution in [-0.2, 0) is 0 Å². The van der Waals surface area contributed by atoms with Crippen LogP contribution in [0, 0.1) is 25.2 Å². The molecule has 0 radical (unpaired) electrons. The molecule has 4 bridgehead atoms. The zero-order valence-corrected chi connectivity index (χ0v) is 26.4. The van der Waals surface area contributed by atoms with E-state index in [0.717, 1.165) is 46.5 Å². The number of nitrogens with zero attached hydrogens (tertiary/aromatic N) is 4. The third-order valence-corrected chi connectivity index (χ3v) is 9.12. The van der Waals surface area contributed by atoms with Crippen LogP contribution in [0.15, 0.2) is 75.2 Å². The Morgan fingerprint density at radius 1 is 1.16 bits per heavy atom. The van der Waals surface area contributed by atoms with Crippen molar-refractivity contribution in [1.82, 2.24) is 14.9 Å². The molecule has 6 rings (SSSR count). The minimum absolute atomic E-state index is 0.0451. The topological polar surface area (TPSA) is 119 Å². The Hall–Kier alpha value is -4.31. The molecule has 2 aromatic heterocycles. The summed E-state index contributed by atoms with van der Waals surface area (Å²) >= 11 is 1.37. The summed E-state index contributed by atoms with van der Waals surface area (Å²) in [7, 11) is 0. The Morgan fingerprint density at radius 2 is 1.93 bits per heavy atom. The van der Waals surface area contributed by atoms with Gasteiger partial charge in [0.05, 0.1) is 23.7 Å². The number of aromatic nitrogens is 2. The summed E-state index contributed by atoms with van der Waals surface area (Å²) in [6.45, 7) is 9.24. The zero-order chi connectivity index (χ0) is 30.8. The molecule has 44 heavy (non-hydrogen) atoms. The molecule has 2 atom stereocenters. The number of hydrogen-bond acceptors (Lipinski definition) is 9. The fourth-order valence-corrected chi connectivity index (χ4v) is 6.28. The summed E-state index contributed by atoms with van der Waals surface area (Å²) < 4.78 is 15.2. The number of aliphatic imine (C=N–C) groups is 1. The molecule has 0 spiro atoms. The molecule has 3 N–H and O–H groups in total. The van der Waals surface area contributed by atoms with E-state index < -0.39 is 0 Å². The fourth-order valence-electron chi connectivity index (χ4n) is 5.65. The van der Waals surface area contributed by atoms with Crippen LogP contribution in [0.25, 0.3) is 11.3 Å². The van der Waals surface area contributed by atoms with Crippen molar-refractivity contribution in [3.63, 3.8) is 0 Å². The van der Waals surface area contributed by atoms with Crippen LogP contribution >= 0.6 is 11.9 Å². The number of furan rings is 1. The second-order valence-electron chi connectivity index (χ2n) is 12.3. The van der Waals surface area contributed by atoms with Gasteiger partial charge in [-0.2, -0.15) is 4.98 Å². The van der Waals surface area contributed by atoms with E-state index >= 15 is 0 Å². The quantitative estimate of drug-likeness (QED) is 0.163.